The summed E-state index contributed by atoms with van der Waals surface area (Å²) < 4.78 is 5.14. The van der Waals surface area contributed by atoms with Crippen LogP contribution in [0, 0.1) is 5.92 Å². The molecule has 140 valence electrons. The van der Waals surface area contributed by atoms with Gasteiger partial charge in [0.1, 0.15) is 11.9 Å². The second kappa shape index (κ2) is 8.91. The summed E-state index contributed by atoms with van der Waals surface area (Å²) in [6, 6.07) is 7.75. The summed E-state index contributed by atoms with van der Waals surface area (Å²) in [6.45, 7) is 0.444. The normalized spacial score (nSPS) is 27.9. The smallest absolute Gasteiger partial charge is 0.230 e. The van der Waals surface area contributed by atoms with E-state index >= 15 is 0 Å². The zero-order chi connectivity index (χ0) is 18.4. The van der Waals surface area contributed by atoms with Gasteiger partial charge in [0.15, 0.2) is 0 Å². The zero-order valence-electron chi connectivity index (χ0n) is 15.0. The van der Waals surface area contributed by atoms with Crippen LogP contribution in [0.4, 0.5) is 0 Å². The number of methoxy groups -OCH3 is 1. The van der Waals surface area contributed by atoms with Crippen molar-refractivity contribution in [3.05, 3.63) is 42.1 Å². The molecule has 0 radical (unpaired) electrons. The van der Waals surface area contributed by atoms with E-state index in [-0.39, 0.29) is 18.1 Å². The van der Waals surface area contributed by atoms with E-state index in [9.17, 15) is 9.90 Å². The Bertz CT molecular complexity index is 659. The van der Waals surface area contributed by atoms with Crippen molar-refractivity contribution in [1.82, 2.24) is 10.6 Å². The average Bonchev–Trinajstić information content (AvgIpc) is 2.67. The first-order valence-electron chi connectivity index (χ1n) is 9.07. The Kier molecular flexibility index (Phi) is 6.35. The maximum atomic E-state index is 12.6. The van der Waals surface area contributed by atoms with Crippen LogP contribution < -0.4 is 15.4 Å². The number of hydrogen-bond donors (Lipinski definition) is 3. The molecule has 1 aliphatic heterocycles. The van der Waals surface area contributed by atoms with Crippen LogP contribution in [0.2, 0.25) is 0 Å². The molecule has 7 heteroatoms. The molecule has 1 aromatic rings. The second-order valence-corrected chi connectivity index (χ2v) is 6.79. The van der Waals surface area contributed by atoms with Crippen molar-refractivity contribution in [3.8, 4) is 5.75 Å². The van der Waals surface area contributed by atoms with E-state index in [4.69, 9.17) is 4.74 Å². The highest BCUT2D eigenvalue weighted by Crippen LogP contribution is 2.22. The van der Waals surface area contributed by atoms with Crippen molar-refractivity contribution in [2.24, 2.45) is 16.1 Å². The highest BCUT2D eigenvalue weighted by molar-refractivity contribution is 5.81. The highest BCUT2D eigenvalue weighted by Gasteiger charge is 2.31. The molecule has 3 rings (SSSR count). The average molecular weight is 358 g/mol. The molecule has 1 amide bonds. The number of azo groups is 1. The first kappa shape index (κ1) is 18.5. The number of nitrogens with one attached hydrogen (secondary N) is 2. The minimum atomic E-state index is -0.412. The van der Waals surface area contributed by atoms with Crippen LogP contribution >= 0.6 is 0 Å². The molecule has 0 saturated heterocycles. The van der Waals surface area contributed by atoms with E-state index in [0.29, 0.717) is 13.0 Å². The third-order valence-electron chi connectivity index (χ3n) is 4.87. The van der Waals surface area contributed by atoms with E-state index in [0.717, 1.165) is 30.6 Å². The molecule has 1 heterocycles. The van der Waals surface area contributed by atoms with Crippen molar-refractivity contribution in [3.63, 3.8) is 0 Å². The SMILES string of the molecule is COc1ccc(CNC(=O)C2C=CN=NC2NC2CCCC(O)C2)cc1. The van der Waals surface area contributed by atoms with Crippen LogP contribution in [0.1, 0.15) is 31.2 Å². The lowest BCUT2D eigenvalue weighted by molar-refractivity contribution is -0.124. The zero-order valence-corrected chi connectivity index (χ0v) is 15.0. The molecule has 3 N–H and O–H groups in total. The monoisotopic (exact) mass is 358 g/mol. The van der Waals surface area contributed by atoms with E-state index in [1.165, 1.54) is 0 Å². The van der Waals surface area contributed by atoms with Gasteiger partial charge in [-0.3, -0.25) is 10.1 Å². The fourth-order valence-electron chi connectivity index (χ4n) is 3.39. The number of benzene rings is 1. The summed E-state index contributed by atoms with van der Waals surface area (Å²) >= 11 is 0. The first-order valence-corrected chi connectivity index (χ1v) is 9.07. The Balaban J connectivity index is 1.55. The number of ether oxygens (including phenoxy) is 1. The van der Waals surface area contributed by atoms with Crippen LogP contribution in [-0.2, 0) is 11.3 Å². The van der Waals surface area contributed by atoms with E-state index < -0.39 is 12.1 Å². The molecule has 7 nitrogen and oxygen atoms in total. The Morgan fingerprint density at radius 3 is 2.85 bits per heavy atom. The molecule has 0 bridgehead atoms. The fourth-order valence-corrected chi connectivity index (χ4v) is 3.39. The first-order chi connectivity index (χ1) is 12.7. The van der Waals surface area contributed by atoms with Crippen LogP contribution in [0.3, 0.4) is 0 Å². The van der Waals surface area contributed by atoms with Crippen LogP contribution in [0.5, 0.6) is 5.75 Å². The number of aliphatic hydroxyl groups excluding tert-OH is 1. The predicted octanol–water partition coefficient (Wildman–Crippen LogP) is 2.13. The number of aliphatic hydroxyl groups is 1. The molecule has 4 atom stereocenters. The summed E-state index contributed by atoms with van der Waals surface area (Å²) in [5, 5.41) is 24.3. The highest BCUT2D eigenvalue weighted by atomic mass is 16.5. The quantitative estimate of drug-likeness (QED) is 0.726. The maximum absolute atomic E-state index is 12.6. The van der Waals surface area contributed by atoms with Gasteiger partial charge in [-0.25, -0.2) is 0 Å². The number of amides is 1. The fraction of sp³-hybridized carbons (Fsp3) is 0.526. The molecule has 2 aliphatic rings. The molecule has 0 aromatic heterocycles. The van der Waals surface area contributed by atoms with Crippen LogP contribution in [0.25, 0.3) is 0 Å². The van der Waals surface area contributed by atoms with E-state index in [1.54, 1.807) is 19.4 Å². The Labute approximate surface area is 153 Å². The molecule has 1 fully saturated rings. The van der Waals surface area contributed by atoms with E-state index in [2.05, 4.69) is 20.9 Å². The summed E-state index contributed by atoms with van der Waals surface area (Å²) in [5.74, 6) is 0.282. The molecule has 4 unspecified atom stereocenters. The van der Waals surface area contributed by atoms with Gasteiger partial charge in [0.25, 0.3) is 0 Å². The minimum Gasteiger partial charge on any atom is -0.497 e. The molecule has 26 heavy (non-hydrogen) atoms. The van der Waals surface area contributed by atoms with Gasteiger partial charge in [-0.1, -0.05) is 12.1 Å². The standard InChI is InChI=1S/C19H26N4O3/c1-26-16-7-5-13(6-8-16)12-20-19(25)17-9-10-21-23-18(17)22-14-3-2-4-15(24)11-14/h5-10,14-15,17-18,22,24H,2-4,11-12H2,1H3,(H,20,25). The van der Waals surface area contributed by atoms with Gasteiger partial charge in [-0.05, 0) is 49.5 Å². The summed E-state index contributed by atoms with van der Waals surface area (Å²) in [6.07, 6.45) is 6.15. The van der Waals surface area contributed by atoms with Crippen molar-refractivity contribution in [2.45, 2.75) is 50.5 Å². The molecule has 1 aromatic carbocycles. The largest absolute Gasteiger partial charge is 0.497 e. The Hall–Kier alpha value is -2.25. The number of hydrogen-bond acceptors (Lipinski definition) is 6. The second-order valence-electron chi connectivity index (χ2n) is 6.79. The third-order valence-corrected chi connectivity index (χ3v) is 4.87. The molecular weight excluding hydrogens is 332 g/mol. The van der Waals surface area contributed by atoms with Gasteiger partial charge in [0.05, 0.1) is 19.1 Å². The van der Waals surface area contributed by atoms with Crippen molar-refractivity contribution >= 4 is 5.91 Å². The summed E-state index contributed by atoms with van der Waals surface area (Å²) in [7, 11) is 1.62. The van der Waals surface area contributed by atoms with Crippen molar-refractivity contribution in [2.75, 3.05) is 7.11 Å². The number of nitrogens with zero attached hydrogens (tertiary/aromatic N) is 2. The van der Waals surface area contributed by atoms with Crippen LogP contribution in [-0.4, -0.2) is 36.4 Å². The topological polar surface area (TPSA) is 95.3 Å². The van der Waals surface area contributed by atoms with Gasteiger partial charge in [0, 0.05) is 18.8 Å². The molecular formula is C19H26N4O3. The Morgan fingerprint density at radius 2 is 2.12 bits per heavy atom. The lowest BCUT2D eigenvalue weighted by Crippen LogP contribution is -2.48. The number of rotatable bonds is 6. The minimum absolute atomic E-state index is 0.0930. The van der Waals surface area contributed by atoms with Gasteiger partial charge in [-0.15, -0.1) is 0 Å². The van der Waals surface area contributed by atoms with Crippen LogP contribution in [0.15, 0.2) is 46.8 Å². The lowest BCUT2D eigenvalue weighted by atomic mass is 9.92. The molecule has 1 aliphatic carbocycles. The van der Waals surface area contributed by atoms with Gasteiger partial charge >= 0.3 is 0 Å². The van der Waals surface area contributed by atoms with E-state index in [1.807, 2.05) is 24.3 Å². The maximum Gasteiger partial charge on any atom is 0.230 e. The summed E-state index contributed by atoms with van der Waals surface area (Å²) in [4.78, 5) is 12.6. The number of carbonyl (C=O) groups is 1. The van der Waals surface area contributed by atoms with Gasteiger partial charge < -0.3 is 15.2 Å². The predicted molar refractivity (Wildman–Crippen MR) is 97.5 cm³/mol. The lowest BCUT2D eigenvalue weighted by Gasteiger charge is -2.31. The molecule has 0 spiro atoms. The molecule has 1 saturated carbocycles. The van der Waals surface area contributed by atoms with Gasteiger partial charge in [0.2, 0.25) is 5.91 Å². The Morgan fingerprint density at radius 1 is 1.31 bits per heavy atom. The number of carbonyl (C=O) groups excluding carboxylic acids is 1. The van der Waals surface area contributed by atoms with Crippen molar-refractivity contribution < 1.29 is 14.6 Å². The van der Waals surface area contributed by atoms with Gasteiger partial charge in [-0.2, -0.15) is 10.2 Å². The summed E-state index contributed by atoms with van der Waals surface area (Å²) in [5.41, 5.74) is 1.00. The van der Waals surface area contributed by atoms with Crippen molar-refractivity contribution in [1.29, 1.82) is 0 Å². The third kappa shape index (κ3) is 4.89.